The van der Waals surface area contributed by atoms with Crippen LogP contribution in [0.5, 0.6) is 0 Å². The highest BCUT2D eigenvalue weighted by Gasteiger charge is 2.21. The maximum absolute atomic E-state index is 5.95. The van der Waals surface area contributed by atoms with Crippen LogP contribution in [0.1, 0.15) is 50.0 Å². The molecule has 0 amide bonds. The van der Waals surface area contributed by atoms with E-state index in [4.69, 9.17) is 5.73 Å². The average Bonchev–Trinajstić information content (AvgIpc) is 2.99. The second kappa shape index (κ2) is 9.16. The minimum atomic E-state index is 0.438. The number of hydrogen-bond donors (Lipinski definition) is 2. The van der Waals surface area contributed by atoms with Gasteiger partial charge in [-0.25, -0.2) is 0 Å². The maximum atomic E-state index is 5.95. The highest BCUT2D eigenvalue weighted by atomic mass is 32.1. The van der Waals surface area contributed by atoms with Gasteiger partial charge in [0, 0.05) is 30.6 Å². The highest BCUT2D eigenvalue weighted by Crippen LogP contribution is 2.25. The van der Waals surface area contributed by atoms with E-state index in [1.54, 1.807) is 4.88 Å². The van der Waals surface area contributed by atoms with E-state index in [1.165, 1.54) is 37.7 Å². The van der Waals surface area contributed by atoms with Crippen molar-refractivity contribution < 1.29 is 0 Å². The fourth-order valence-corrected chi connectivity index (χ4v) is 3.71. The van der Waals surface area contributed by atoms with Crippen LogP contribution in [0.25, 0.3) is 0 Å². The van der Waals surface area contributed by atoms with Gasteiger partial charge in [-0.05, 0) is 36.8 Å². The molecule has 1 atom stereocenters. The van der Waals surface area contributed by atoms with E-state index in [-0.39, 0.29) is 0 Å². The van der Waals surface area contributed by atoms with Crippen molar-refractivity contribution >= 4 is 17.3 Å². The van der Waals surface area contributed by atoms with E-state index >= 15 is 0 Å². The van der Waals surface area contributed by atoms with Gasteiger partial charge in [-0.3, -0.25) is 9.89 Å². The van der Waals surface area contributed by atoms with Crippen molar-refractivity contribution in [2.75, 3.05) is 19.6 Å². The lowest BCUT2D eigenvalue weighted by atomic mass is 10.1. The highest BCUT2D eigenvalue weighted by molar-refractivity contribution is 7.10. The van der Waals surface area contributed by atoms with Crippen molar-refractivity contribution in [1.29, 1.82) is 0 Å². The molecular formula is C17H30N4S. The van der Waals surface area contributed by atoms with Crippen molar-refractivity contribution in [1.82, 2.24) is 10.2 Å². The molecule has 0 aliphatic carbocycles. The number of nitrogens with two attached hydrogens (primary N) is 1. The Morgan fingerprint density at radius 3 is 3.14 bits per heavy atom. The molecule has 0 bridgehead atoms. The van der Waals surface area contributed by atoms with Crippen LogP contribution in [-0.4, -0.2) is 36.5 Å². The molecule has 2 heterocycles. The molecule has 3 N–H and O–H groups in total. The number of guanidine groups is 1. The average molecular weight is 323 g/mol. The van der Waals surface area contributed by atoms with Gasteiger partial charge < -0.3 is 11.1 Å². The van der Waals surface area contributed by atoms with E-state index in [2.05, 4.69) is 40.5 Å². The summed E-state index contributed by atoms with van der Waals surface area (Å²) in [5.41, 5.74) is 7.44. The van der Waals surface area contributed by atoms with E-state index < -0.39 is 0 Å². The third-order valence-electron chi connectivity index (χ3n) is 4.32. The molecule has 1 unspecified atom stereocenters. The molecular weight excluding hydrogens is 292 g/mol. The van der Waals surface area contributed by atoms with Crippen molar-refractivity contribution in [3.8, 4) is 0 Å². The lowest BCUT2D eigenvalue weighted by Crippen LogP contribution is -2.40. The Hall–Kier alpha value is -1.07. The van der Waals surface area contributed by atoms with Gasteiger partial charge >= 0.3 is 0 Å². The summed E-state index contributed by atoms with van der Waals surface area (Å²) in [7, 11) is 0. The van der Waals surface area contributed by atoms with Crippen LogP contribution in [0.4, 0.5) is 0 Å². The summed E-state index contributed by atoms with van der Waals surface area (Å²) in [5, 5.41) is 5.43. The molecule has 0 spiro atoms. The van der Waals surface area contributed by atoms with Gasteiger partial charge in [0.2, 0.25) is 0 Å². The zero-order valence-electron chi connectivity index (χ0n) is 14.0. The largest absolute Gasteiger partial charge is 0.370 e. The normalized spacial score (nSPS) is 17.3. The first-order valence-electron chi connectivity index (χ1n) is 8.53. The summed E-state index contributed by atoms with van der Waals surface area (Å²) in [6.07, 6.45) is 6.18. The van der Waals surface area contributed by atoms with Crippen molar-refractivity contribution in [3.63, 3.8) is 0 Å². The Kier molecular flexibility index (Phi) is 7.19. The van der Waals surface area contributed by atoms with Gasteiger partial charge in [-0.2, -0.15) is 0 Å². The zero-order chi connectivity index (χ0) is 15.8. The molecule has 1 aromatic rings. The van der Waals surface area contributed by atoms with Gasteiger partial charge in [0.05, 0.1) is 6.54 Å². The van der Waals surface area contributed by atoms with Crippen LogP contribution in [-0.2, 0) is 13.0 Å². The van der Waals surface area contributed by atoms with Crippen LogP contribution >= 0.6 is 11.3 Å². The third-order valence-corrected chi connectivity index (χ3v) is 5.35. The molecule has 0 saturated carbocycles. The second-order valence-electron chi connectivity index (χ2n) is 6.15. The van der Waals surface area contributed by atoms with Gasteiger partial charge in [0.25, 0.3) is 0 Å². The monoisotopic (exact) mass is 322 g/mol. The quantitative estimate of drug-likeness (QED) is 0.439. The summed E-state index contributed by atoms with van der Waals surface area (Å²) >= 11 is 1.89. The Labute approximate surface area is 138 Å². The number of nitrogens with zero attached hydrogens (tertiary/aromatic N) is 2. The summed E-state index contributed by atoms with van der Waals surface area (Å²) in [6.45, 7) is 8.37. The summed E-state index contributed by atoms with van der Waals surface area (Å²) in [5.74, 6) is 0.594. The van der Waals surface area contributed by atoms with Crippen molar-refractivity contribution in [2.24, 2.45) is 10.7 Å². The molecule has 1 aliphatic heterocycles. The molecule has 2 rings (SSSR count). The number of hydrogen-bond acceptors (Lipinski definition) is 3. The Bertz CT molecular complexity index is 469. The van der Waals surface area contributed by atoms with Gasteiger partial charge in [0.1, 0.15) is 0 Å². The number of unbranched alkanes of at least 4 members (excludes halogenated alkanes) is 3. The molecule has 0 fully saturated rings. The minimum Gasteiger partial charge on any atom is -0.370 e. The Morgan fingerprint density at radius 1 is 1.45 bits per heavy atom. The van der Waals surface area contributed by atoms with Gasteiger partial charge in [-0.1, -0.05) is 26.2 Å². The molecule has 1 aliphatic rings. The number of fused-ring (bicyclic) bond motifs is 1. The fraction of sp³-hybridized carbons (Fsp3) is 0.706. The predicted octanol–water partition coefficient (Wildman–Crippen LogP) is 2.98. The van der Waals surface area contributed by atoms with E-state index in [0.29, 0.717) is 12.0 Å². The molecule has 0 radical (unpaired) electrons. The van der Waals surface area contributed by atoms with Crippen molar-refractivity contribution in [2.45, 2.75) is 58.5 Å². The predicted molar refractivity (Wildman–Crippen MR) is 96.5 cm³/mol. The van der Waals surface area contributed by atoms with Crippen LogP contribution in [0, 0.1) is 0 Å². The smallest absolute Gasteiger partial charge is 0.188 e. The molecule has 1 aromatic heterocycles. The number of thiophene rings is 1. The van der Waals surface area contributed by atoms with E-state index in [1.807, 2.05) is 11.3 Å². The van der Waals surface area contributed by atoms with E-state index in [9.17, 15) is 0 Å². The fourth-order valence-electron chi connectivity index (χ4n) is 2.82. The number of rotatable bonds is 8. The first-order valence-corrected chi connectivity index (χ1v) is 9.41. The third kappa shape index (κ3) is 5.29. The maximum Gasteiger partial charge on any atom is 0.188 e. The zero-order valence-corrected chi connectivity index (χ0v) is 14.8. The lowest BCUT2D eigenvalue weighted by molar-refractivity contribution is 0.197. The molecule has 4 nitrogen and oxygen atoms in total. The van der Waals surface area contributed by atoms with E-state index in [0.717, 1.165) is 26.2 Å². The second-order valence-corrected chi connectivity index (χ2v) is 7.15. The first kappa shape index (κ1) is 17.3. The van der Waals surface area contributed by atoms with Crippen molar-refractivity contribution in [3.05, 3.63) is 21.9 Å². The van der Waals surface area contributed by atoms with Gasteiger partial charge in [0.15, 0.2) is 5.96 Å². The minimum absolute atomic E-state index is 0.438. The Balaban J connectivity index is 1.68. The molecule has 0 aromatic carbocycles. The molecule has 22 heavy (non-hydrogen) atoms. The molecule has 5 heteroatoms. The standard InChI is InChI=1S/C17H30N4S/c1-3-4-5-6-9-19-17(18)20-12-14(2)21-10-7-16-15(13-21)8-11-22-16/h8,11,14H,3-7,9-10,12-13H2,1-2H3,(H3,18,19,20). The van der Waals surface area contributed by atoms with Crippen LogP contribution in [0.3, 0.4) is 0 Å². The summed E-state index contributed by atoms with van der Waals surface area (Å²) in [6, 6.07) is 2.70. The molecule has 0 saturated heterocycles. The van der Waals surface area contributed by atoms with Crippen LogP contribution < -0.4 is 11.1 Å². The summed E-state index contributed by atoms with van der Waals surface area (Å²) < 4.78 is 0. The van der Waals surface area contributed by atoms with Gasteiger partial charge in [-0.15, -0.1) is 11.3 Å². The topological polar surface area (TPSA) is 53.6 Å². The van der Waals surface area contributed by atoms with Crippen LogP contribution in [0.2, 0.25) is 0 Å². The number of nitrogens with one attached hydrogen (secondary N) is 1. The first-order chi connectivity index (χ1) is 10.7. The Morgan fingerprint density at radius 2 is 2.32 bits per heavy atom. The lowest BCUT2D eigenvalue weighted by Gasteiger charge is -2.31. The summed E-state index contributed by atoms with van der Waals surface area (Å²) in [4.78, 5) is 8.57. The van der Waals surface area contributed by atoms with Crippen LogP contribution in [0.15, 0.2) is 16.4 Å². The molecule has 124 valence electrons. The number of aliphatic imine (C=N–C) groups is 1. The SMILES string of the molecule is CCCCCCNC(N)=NCC(C)N1CCc2sccc2C1.